The fourth-order valence-corrected chi connectivity index (χ4v) is 5.64. The minimum absolute atomic E-state index is 0.0348. The van der Waals surface area contributed by atoms with E-state index in [0.717, 1.165) is 46.5 Å². The lowest BCUT2D eigenvalue weighted by Crippen LogP contribution is -2.12. The third-order valence-electron chi connectivity index (χ3n) is 6.29. The summed E-state index contributed by atoms with van der Waals surface area (Å²) in [7, 11) is 0. The van der Waals surface area contributed by atoms with Crippen molar-refractivity contribution < 1.29 is 9.47 Å². The summed E-state index contributed by atoms with van der Waals surface area (Å²) in [6.45, 7) is 7.50. The lowest BCUT2D eigenvalue weighted by molar-refractivity contribution is 0.217. The Morgan fingerprint density at radius 1 is 0.912 bits per heavy atom. The molecule has 2 aromatic heterocycles. The van der Waals surface area contributed by atoms with E-state index in [-0.39, 0.29) is 11.0 Å². The molecular formula is C28H30N2O3S. The van der Waals surface area contributed by atoms with E-state index >= 15 is 0 Å². The molecule has 0 unspecified atom stereocenters. The predicted octanol–water partition coefficient (Wildman–Crippen LogP) is 6.29. The molecular weight excluding hydrogens is 444 g/mol. The van der Waals surface area contributed by atoms with Crippen molar-refractivity contribution in [1.82, 2.24) is 9.97 Å². The van der Waals surface area contributed by atoms with Crippen LogP contribution in [0.4, 0.5) is 0 Å². The lowest BCUT2D eigenvalue weighted by atomic mass is 9.87. The monoisotopic (exact) mass is 474 g/mol. The number of fused-ring (bicyclic) bond motifs is 3. The summed E-state index contributed by atoms with van der Waals surface area (Å²) in [4.78, 5) is 22.7. The molecule has 0 spiro atoms. The average molecular weight is 475 g/mol. The van der Waals surface area contributed by atoms with Crippen LogP contribution in [0.2, 0.25) is 0 Å². The number of hydrogen-bond donors (Lipinski definition) is 1. The van der Waals surface area contributed by atoms with Crippen molar-refractivity contribution in [3.63, 3.8) is 0 Å². The second kappa shape index (κ2) is 9.26. The molecule has 5 nitrogen and oxygen atoms in total. The molecule has 6 heteroatoms. The summed E-state index contributed by atoms with van der Waals surface area (Å²) in [5.41, 5.74) is 3.46. The molecule has 0 amide bonds. The van der Waals surface area contributed by atoms with Crippen LogP contribution < -0.4 is 15.0 Å². The summed E-state index contributed by atoms with van der Waals surface area (Å²) in [5, 5.41) is 0.788. The largest absolute Gasteiger partial charge is 0.490 e. The SMILES string of the molecule is CC(C)(C)c1ccc(OCCOc2ccc(-c3nc4sc5c(c4c(=O)[nH]3)CCCC5)cc2)cc1. The molecule has 176 valence electrons. The van der Waals surface area contributed by atoms with E-state index in [4.69, 9.17) is 14.5 Å². The Balaban J connectivity index is 1.20. The van der Waals surface area contributed by atoms with Gasteiger partial charge in [0, 0.05) is 10.4 Å². The Hall–Kier alpha value is -3.12. The maximum atomic E-state index is 12.8. The number of nitrogens with one attached hydrogen (secondary N) is 1. The third kappa shape index (κ3) is 4.73. The number of H-pyrrole nitrogens is 1. The first kappa shape index (κ1) is 22.7. The summed E-state index contributed by atoms with van der Waals surface area (Å²) in [5.74, 6) is 2.20. The van der Waals surface area contributed by atoms with Crippen LogP contribution in [0.25, 0.3) is 21.6 Å². The van der Waals surface area contributed by atoms with Crippen molar-refractivity contribution in [2.75, 3.05) is 13.2 Å². The number of rotatable bonds is 6. The zero-order valence-corrected chi connectivity index (χ0v) is 20.8. The number of nitrogens with zero attached hydrogens (tertiary/aromatic N) is 1. The second-order valence-electron chi connectivity index (χ2n) is 9.80. The fraction of sp³-hybridized carbons (Fsp3) is 0.357. The van der Waals surface area contributed by atoms with Gasteiger partial charge in [-0.25, -0.2) is 4.98 Å². The lowest BCUT2D eigenvalue weighted by Gasteiger charge is -2.19. The van der Waals surface area contributed by atoms with Gasteiger partial charge in [-0.05, 0) is 78.6 Å². The van der Waals surface area contributed by atoms with E-state index in [1.807, 2.05) is 36.4 Å². The quantitative estimate of drug-likeness (QED) is 0.334. The number of thiophene rings is 1. The van der Waals surface area contributed by atoms with Crippen molar-refractivity contribution in [2.24, 2.45) is 0 Å². The predicted molar refractivity (Wildman–Crippen MR) is 138 cm³/mol. The number of hydrogen-bond acceptors (Lipinski definition) is 5. The van der Waals surface area contributed by atoms with E-state index in [0.29, 0.717) is 19.0 Å². The van der Waals surface area contributed by atoms with E-state index < -0.39 is 0 Å². The van der Waals surface area contributed by atoms with Crippen molar-refractivity contribution in [3.8, 4) is 22.9 Å². The Morgan fingerprint density at radius 2 is 1.53 bits per heavy atom. The standard InChI is InChI=1S/C28H30N2O3S/c1-28(2,3)19-10-14-21(15-11-19)33-17-16-32-20-12-8-18(9-13-20)25-29-26(31)24-22-6-4-5-7-23(22)34-27(24)30-25/h8-15H,4-7,16-17H2,1-3H3,(H,29,30,31). The van der Waals surface area contributed by atoms with Gasteiger partial charge in [0.2, 0.25) is 0 Å². The normalized spacial score (nSPS) is 13.6. The van der Waals surface area contributed by atoms with Crippen LogP contribution in [-0.2, 0) is 18.3 Å². The Labute approximate surface area is 203 Å². The molecule has 0 atom stereocenters. The van der Waals surface area contributed by atoms with Gasteiger partial charge in [-0.3, -0.25) is 4.79 Å². The van der Waals surface area contributed by atoms with Crippen LogP contribution in [0.15, 0.2) is 53.3 Å². The maximum Gasteiger partial charge on any atom is 0.260 e. The molecule has 0 radical (unpaired) electrons. The third-order valence-corrected chi connectivity index (χ3v) is 7.48. The van der Waals surface area contributed by atoms with Crippen LogP contribution in [0.3, 0.4) is 0 Å². The van der Waals surface area contributed by atoms with Gasteiger partial charge in [0.05, 0.1) is 5.39 Å². The molecule has 2 aromatic carbocycles. The van der Waals surface area contributed by atoms with Gasteiger partial charge in [-0.2, -0.15) is 0 Å². The highest BCUT2D eigenvalue weighted by Gasteiger charge is 2.20. The van der Waals surface area contributed by atoms with Gasteiger partial charge < -0.3 is 14.5 Å². The highest BCUT2D eigenvalue weighted by atomic mass is 32.1. The van der Waals surface area contributed by atoms with Gasteiger partial charge in [-0.1, -0.05) is 32.9 Å². The number of benzene rings is 2. The zero-order chi connectivity index (χ0) is 23.7. The molecule has 0 saturated heterocycles. The van der Waals surface area contributed by atoms with Gasteiger partial charge in [-0.15, -0.1) is 11.3 Å². The molecule has 0 fully saturated rings. The zero-order valence-electron chi connectivity index (χ0n) is 19.9. The first-order valence-corrected chi connectivity index (χ1v) is 12.7. The molecule has 4 aromatic rings. The molecule has 0 aliphatic heterocycles. The smallest absolute Gasteiger partial charge is 0.260 e. The summed E-state index contributed by atoms with van der Waals surface area (Å²) < 4.78 is 11.6. The second-order valence-corrected chi connectivity index (χ2v) is 10.9. The minimum atomic E-state index is -0.0348. The molecule has 1 aliphatic rings. The highest BCUT2D eigenvalue weighted by molar-refractivity contribution is 7.18. The van der Waals surface area contributed by atoms with Crippen molar-refractivity contribution >= 4 is 21.6 Å². The molecule has 1 aliphatic carbocycles. The van der Waals surface area contributed by atoms with Crippen LogP contribution in [0, 0.1) is 0 Å². The average Bonchev–Trinajstić information content (AvgIpc) is 3.21. The number of aryl methyl sites for hydroxylation is 2. The van der Waals surface area contributed by atoms with Crippen LogP contribution in [-0.4, -0.2) is 23.2 Å². The van der Waals surface area contributed by atoms with Gasteiger partial charge in [0.1, 0.15) is 35.4 Å². The summed E-state index contributed by atoms with van der Waals surface area (Å²) >= 11 is 1.67. The Bertz CT molecular complexity index is 1350. The topological polar surface area (TPSA) is 64.2 Å². The first-order chi connectivity index (χ1) is 16.4. The molecule has 2 heterocycles. The van der Waals surface area contributed by atoms with Crippen molar-refractivity contribution in [1.29, 1.82) is 0 Å². The molecule has 5 rings (SSSR count). The van der Waals surface area contributed by atoms with Gasteiger partial charge >= 0.3 is 0 Å². The van der Waals surface area contributed by atoms with Gasteiger partial charge in [0.15, 0.2) is 0 Å². The summed E-state index contributed by atoms with van der Waals surface area (Å²) in [6.07, 6.45) is 4.39. The maximum absolute atomic E-state index is 12.8. The van der Waals surface area contributed by atoms with E-state index in [1.54, 1.807) is 11.3 Å². The van der Waals surface area contributed by atoms with Crippen LogP contribution >= 0.6 is 11.3 Å². The number of aromatic nitrogens is 2. The highest BCUT2D eigenvalue weighted by Crippen LogP contribution is 2.34. The number of ether oxygens (including phenoxy) is 2. The number of aromatic amines is 1. The van der Waals surface area contributed by atoms with E-state index in [9.17, 15) is 4.79 Å². The van der Waals surface area contributed by atoms with Crippen LogP contribution in [0.5, 0.6) is 11.5 Å². The van der Waals surface area contributed by atoms with Crippen LogP contribution in [0.1, 0.15) is 49.6 Å². The summed E-state index contributed by atoms with van der Waals surface area (Å²) in [6, 6.07) is 15.9. The van der Waals surface area contributed by atoms with E-state index in [2.05, 4.69) is 37.9 Å². The van der Waals surface area contributed by atoms with E-state index in [1.165, 1.54) is 22.4 Å². The van der Waals surface area contributed by atoms with Crippen molar-refractivity contribution in [3.05, 3.63) is 74.9 Å². The molecule has 0 bridgehead atoms. The first-order valence-electron chi connectivity index (χ1n) is 11.9. The Morgan fingerprint density at radius 3 is 2.18 bits per heavy atom. The van der Waals surface area contributed by atoms with Crippen molar-refractivity contribution in [2.45, 2.75) is 51.9 Å². The fourth-order valence-electron chi connectivity index (χ4n) is 4.38. The molecule has 0 saturated carbocycles. The molecule has 34 heavy (non-hydrogen) atoms. The minimum Gasteiger partial charge on any atom is -0.490 e. The molecule has 1 N–H and O–H groups in total. The van der Waals surface area contributed by atoms with Gasteiger partial charge in [0.25, 0.3) is 5.56 Å². The Kier molecular flexibility index (Phi) is 6.17.